The molecule has 2 unspecified atom stereocenters. The number of H-pyrrole nitrogens is 1. The number of aromatic nitrogens is 1. The first kappa shape index (κ1) is 22.3. The lowest BCUT2D eigenvalue weighted by atomic mass is 9.75. The van der Waals surface area contributed by atoms with E-state index in [4.69, 9.17) is 0 Å². The van der Waals surface area contributed by atoms with Gasteiger partial charge in [0.25, 0.3) is 0 Å². The van der Waals surface area contributed by atoms with Crippen molar-refractivity contribution in [3.63, 3.8) is 0 Å². The van der Waals surface area contributed by atoms with Gasteiger partial charge in [-0.15, -0.1) is 0 Å². The molecule has 3 aromatic carbocycles. The van der Waals surface area contributed by atoms with E-state index >= 15 is 0 Å². The van der Waals surface area contributed by atoms with Crippen molar-refractivity contribution in [3.8, 4) is 23.0 Å². The quantitative estimate of drug-likeness (QED) is 0.283. The average molecular weight is 453 g/mol. The lowest BCUT2D eigenvalue weighted by Gasteiger charge is -2.43. The number of halogens is 1. The van der Waals surface area contributed by atoms with Gasteiger partial charge in [0.1, 0.15) is 5.82 Å². The zero-order valence-electron chi connectivity index (χ0n) is 20.2. The molecule has 0 amide bonds. The molecule has 4 heteroatoms. The summed E-state index contributed by atoms with van der Waals surface area (Å²) in [5, 5.41) is 15.9. The zero-order chi connectivity index (χ0) is 24.2. The van der Waals surface area contributed by atoms with E-state index in [1.807, 2.05) is 20.0 Å². The molecular formula is C30H29FN2O. The van der Waals surface area contributed by atoms with Crippen molar-refractivity contribution in [2.45, 2.75) is 52.2 Å². The monoisotopic (exact) mass is 452 g/mol. The van der Waals surface area contributed by atoms with Crippen molar-refractivity contribution in [1.82, 2.24) is 4.98 Å². The fraction of sp³-hybridized carbons (Fsp3) is 0.267. The Hall–Kier alpha value is -3.55. The molecule has 1 aliphatic heterocycles. The van der Waals surface area contributed by atoms with Crippen LogP contribution in [0.4, 0.5) is 10.1 Å². The van der Waals surface area contributed by atoms with Gasteiger partial charge in [0, 0.05) is 45.4 Å². The predicted octanol–water partition coefficient (Wildman–Crippen LogP) is 6.66. The minimum Gasteiger partial charge on any atom is -0.390 e. The molecule has 1 aromatic heterocycles. The van der Waals surface area contributed by atoms with Gasteiger partial charge in [-0.1, -0.05) is 37.0 Å². The highest BCUT2D eigenvalue weighted by Crippen LogP contribution is 2.46. The molecule has 0 saturated carbocycles. The van der Waals surface area contributed by atoms with Gasteiger partial charge in [-0.25, -0.2) is 4.39 Å². The molecule has 4 aromatic rings. The highest BCUT2D eigenvalue weighted by Gasteiger charge is 2.40. The van der Waals surface area contributed by atoms with E-state index in [1.165, 1.54) is 23.1 Å². The molecule has 3 nitrogen and oxygen atoms in total. The number of para-hydroxylation sites is 1. The third-order valence-corrected chi connectivity index (χ3v) is 7.07. The number of aryl methyl sites for hydroxylation is 2. The average Bonchev–Trinajstić information content (AvgIpc) is 3.19. The van der Waals surface area contributed by atoms with E-state index in [0.717, 1.165) is 44.6 Å². The summed E-state index contributed by atoms with van der Waals surface area (Å²) in [5.74, 6) is 6.26. The van der Waals surface area contributed by atoms with Gasteiger partial charge in [0.05, 0.1) is 17.2 Å². The van der Waals surface area contributed by atoms with Crippen LogP contribution in [0.15, 0.2) is 54.7 Å². The van der Waals surface area contributed by atoms with Crippen LogP contribution in [0.2, 0.25) is 0 Å². The predicted molar refractivity (Wildman–Crippen MR) is 138 cm³/mol. The molecule has 2 heterocycles. The summed E-state index contributed by atoms with van der Waals surface area (Å²) in [6.45, 7) is 10.3. The first-order valence-electron chi connectivity index (χ1n) is 11.7. The molecular weight excluding hydrogens is 423 g/mol. The Morgan fingerprint density at radius 1 is 0.971 bits per heavy atom. The molecule has 0 radical (unpaired) electrons. The molecule has 2 atom stereocenters. The minimum atomic E-state index is -0.579. The maximum atomic E-state index is 13.4. The molecule has 172 valence electrons. The fourth-order valence-corrected chi connectivity index (χ4v) is 5.18. The molecule has 1 aliphatic rings. The minimum absolute atomic E-state index is 0.119. The van der Waals surface area contributed by atoms with Crippen molar-refractivity contribution >= 4 is 16.6 Å². The Balaban J connectivity index is 1.82. The van der Waals surface area contributed by atoms with Crippen molar-refractivity contribution in [2.24, 2.45) is 0 Å². The molecule has 0 fully saturated rings. The van der Waals surface area contributed by atoms with E-state index < -0.39 is 11.6 Å². The molecule has 34 heavy (non-hydrogen) atoms. The summed E-state index contributed by atoms with van der Waals surface area (Å²) >= 11 is 0. The van der Waals surface area contributed by atoms with Crippen LogP contribution in [-0.2, 0) is 0 Å². The first-order chi connectivity index (χ1) is 16.2. The standard InChI is InChI=1S/C30H29FN2O/c1-17-15-25(24-8-6-7-22-18(2)16-32-28(22)24)23(14-11-20-9-12-21(31)13-10-20)26-19(3)29(34)30(4,5)33-27(17)26/h6-10,12-13,15-16,19,29,32-34H,1-5H3. The topological polar surface area (TPSA) is 48.0 Å². The van der Waals surface area contributed by atoms with Gasteiger partial charge >= 0.3 is 0 Å². The van der Waals surface area contributed by atoms with Crippen molar-refractivity contribution in [3.05, 3.63) is 88.4 Å². The van der Waals surface area contributed by atoms with Gasteiger partial charge in [-0.05, 0) is 74.7 Å². The number of hydrogen-bond donors (Lipinski definition) is 3. The maximum Gasteiger partial charge on any atom is 0.123 e. The maximum absolute atomic E-state index is 13.4. The van der Waals surface area contributed by atoms with Gasteiger partial charge in [0.15, 0.2) is 0 Å². The van der Waals surface area contributed by atoms with E-state index in [1.54, 1.807) is 12.1 Å². The molecule has 0 aliphatic carbocycles. The number of aliphatic hydroxyl groups is 1. The Bertz CT molecular complexity index is 1470. The van der Waals surface area contributed by atoms with Gasteiger partial charge < -0.3 is 15.4 Å². The second-order valence-corrected chi connectivity index (χ2v) is 9.94. The Morgan fingerprint density at radius 3 is 2.44 bits per heavy atom. The highest BCUT2D eigenvalue weighted by atomic mass is 19.1. The number of benzene rings is 3. The second kappa shape index (κ2) is 8.04. The number of rotatable bonds is 1. The third kappa shape index (κ3) is 3.57. The van der Waals surface area contributed by atoms with Gasteiger partial charge in [-0.2, -0.15) is 0 Å². The van der Waals surface area contributed by atoms with Crippen LogP contribution in [0.25, 0.3) is 22.0 Å². The number of hydrogen-bond acceptors (Lipinski definition) is 2. The van der Waals surface area contributed by atoms with Crippen molar-refractivity contribution in [2.75, 3.05) is 5.32 Å². The van der Waals surface area contributed by atoms with Crippen LogP contribution < -0.4 is 5.32 Å². The molecule has 3 N–H and O–H groups in total. The van der Waals surface area contributed by atoms with Crippen molar-refractivity contribution in [1.29, 1.82) is 0 Å². The summed E-state index contributed by atoms with van der Waals surface area (Å²) in [6, 6.07) is 14.7. The second-order valence-electron chi connectivity index (χ2n) is 9.94. The molecule has 5 rings (SSSR count). The zero-order valence-corrected chi connectivity index (χ0v) is 20.2. The van der Waals surface area contributed by atoms with Crippen molar-refractivity contribution < 1.29 is 9.50 Å². The van der Waals surface area contributed by atoms with E-state index in [2.05, 4.69) is 67.2 Å². The van der Waals surface area contributed by atoms with Gasteiger partial charge in [0.2, 0.25) is 0 Å². The molecule has 0 spiro atoms. The van der Waals surface area contributed by atoms with Crippen LogP contribution in [0.1, 0.15) is 54.5 Å². The van der Waals surface area contributed by atoms with E-state index in [-0.39, 0.29) is 11.7 Å². The lowest BCUT2D eigenvalue weighted by Crippen LogP contribution is -2.50. The molecule has 0 bridgehead atoms. The number of nitrogens with one attached hydrogen (secondary N) is 2. The fourth-order valence-electron chi connectivity index (χ4n) is 5.18. The number of fused-ring (bicyclic) bond motifs is 2. The number of aliphatic hydroxyl groups excluding tert-OH is 1. The summed E-state index contributed by atoms with van der Waals surface area (Å²) in [6.07, 6.45) is 1.45. The molecule has 0 saturated heterocycles. The van der Waals surface area contributed by atoms with Crippen LogP contribution in [0.5, 0.6) is 0 Å². The van der Waals surface area contributed by atoms with Crippen LogP contribution in [0.3, 0.4) is 0 Å². The van der Waals surface area contributed by atoms with E-state index in [0.29, 0.717) is 0 Å². The summed E-state index contributed by atoms with van der Waals surface area (Å²) in [7, 11) is 0. The third-order valence-electron chi connectivity index (χ3n) is 7.07. The lowest BCUT2D eigenvalue weighted by molar-refractivity contribution is 0.0868. The Labute approximate surface area is 200 Å². The van der Waals surface area contributed by atoms with Gasteiger partial charge in [-0.3, -0.25) is 0 Å². The first-order valence-corrected chi connectivity index (χ1v) is 11.7. The normalized spacial score (nSPS) is 18.7. The highest BCUT2D eigenvalue weighted by molar-refractivity contribution is 5.98. The van der Waals surface area contributed by atoms with E-state index in [9.17, 15) is 9.50 Å². The van der Waals surface area contributed by atoms with Crippen LogP contribution in [0, 0.1) is 31.5 Å². The Morgan fingerprint density at radius 2 is 1.71 bits per heavy atom. The Kier molecular flexibility index (Phi) is 5.26. The SMILES string of the molecule is Cc1cc(-c2cccc3c(C)c[nH]c23)c(C#Cc2ccc(F)cc2)c2c1NC(C)(C)C(O)C2C. The summed E-state index contributed by atoms with van der Waals surface area (Å²) in [4.78, 5) is 3.44. The largest absolute Gasteiger partial charge is 0.390 e. The van der Waals surface area contributed by atoms with Crippen LogP contribution >= 0.6 is 0 Å². The summed E-state index contributed by atoms with van der Waals surface area (Å²) < 4.78 is 13.4. The smallest absolute Gasteiger partial charge is 0.123 e. The number of anilines is 1. The van der Waals surface area contributed by atoms with Crippen LogP contribution in [-0.4, -0.2) is 21.7 Å². The number of aromatic amines is 1. The summed E-state index contributed by atoms with van der Waals surface area (Å²) in [5.41, 5.74) is 8.71.